The molecule has 160 valence electrons. The van der Waals surface area contributed by atoms with Crippen LogP contribution < -0.4 is 0 Å². The summed E-state index contributed by atoms with van der Waals surface area (Å²) in [6.07, 6.45) is 1.79. The molecule has 0 unspecified atom stereocenters. The first-order valence-electron chi connectivity index (χ1n) is 11.4. The minimum absolute atomic E-state index is 0.743. The van der Waals surface area contributed by atoms with E-state index in [-0.39, 0.29) is 0 Å². The molecule has 0 saturated carbocycles. The van der Waals surface area contributed by atoms with Crippen LogP contribution in [0.15, 0.2) is 121 Å². The van der Waals surface area contributed by atoms with E-state index >= 15 is 0 Å². The first-order valence-corrected chi connectivity index (χ1v) is 11.4. The highest BCUT2D eigenvalue weighted by atomic mass is 15.1. The van der Waals surface area contributed by atoms with Crippen LogP contribution in [0.4, 0.5) is 0 Å². The zero-order valence-corrected chi connectivity index (χ0v) is 18.3. The predicted molar refractivity (Wildman–Crippen MR) is 139 cm³/mol. The Labute approximate surface area is 196 Å². The molecule has 0 aliphatic heterocycles. The van der Waals surface area contributed by atoms with Crippen LogP contribution in [0, 0.1) is 0 Å². The first-order chi connectivity index (χ1) is 16.9. The molecule has 4 aromatic carbocycles. The summed E-state index contributed by atoms with van der Waals surface area (Å²) in [6, 6.07) is 40.2. The molecule has 0 N–H and O–H groups in total. The zero-order chi connectivity index (χ0) is 22.5. The molecule has 0 bridgehead atoms. The Balaban J connectivity index is 1.42. The normalized spacial score (nSPS) is 11.5. The molecule has 0 atom stereocenters. The molecule has 4 heteroatoms. The Bertz CT molecular complexity index is 1740. The highest BCUT2D eigenvalue weighted by Gasteiger charge is 2.16. The van der Waals surface area contributed by atoms with Gasteiger partial charge in [0.2, 0.25) is 0 Å². The lowest BCUT2D eigenvalue weighted by molar-refractivity contribution is 1.10. The molecular formula is C30H20N4. The SMILES string of the molecule is c1ccc(-n2c(-c3ccc(-n4c5ccccc5c5ccccc54)cc3)nc3ncccc32)cc1. The number of rotatable bonds is 3. The maximum absolute atomic E-state index is 4.90. The van der Waals surface area contributed by atoms with Crippen LogP contribution >= 0.6 is 0 Å². The lowest BCUT2D eigenvalue weighted by Gasteiger charge is -2.11. The molecular weight excluding hydrogens is 416 g/mol. The molecule has 0 aliphatic rings. The van der Waals surface area contributed by atoms with Gasteiger partial charge in [0.05, 0.1) is 16.6 Å². The molecule has 0 spiro atoms. The van der Waals surface area contributed by atoms with Gasteiger partial charge in [-0.1, -0.05) is 54.6 Å². The summed E-state index contributed by atoms with van der Waals surface area (Å²) in [4.78, 5) is 9.40. The van der Waals surface area contributed by atoms with E-state index in [0.29, 0.717) is 0 Å². The van der Waals surface area contributed by atoms with Crippen LogP contribution in [0.2, 0.25) is 0 Å². The number of aromatic nitrogens is 4. The number of para-hydroxylation sites is 3. The molecule has 4 nitrogen and oxygen atoms in total. The second-order valence-electron chi connectivity index (χ2n) is 8.37. The van der Waals surface area contributed by atoms with E-state index in [1.165, 1.54) is 21.8 Å². The van der Waals surface area contributed by atoms with Gasteiger partial charge in [0.25, 0.3) is 0 Å². The molecule has 34 heavy (non-hydrogen) atoms. The summed E-state index contributed by atoms with van der Waals surface area (Å²) >= 11 is 0. The van der Waals surface area contributed by atoms with Crippen LogP contribution in [-0.2, 0) is 0 Å². The fourth-order valence-electron chi connectivity index (χ4n) is 4.91. The van der Waals surface area contributed by atoms with Crippen molar-refractivity contribution in [2.45, 2.75) is 0 Å². The van der Waals surface area contributed by atoms with Gasteiger partial charge in [-0.2, -0.15) is 0 Å². The maximum Gasteiger partial charge on any atom is 0.178 e. The maximum atomic E-state index is 4.90. The Morgan fingerprint density at radius 1 is 0.471 bits per heavy atom. The average molecular weight is 437 g/mol. The molecule has 7 rings (SSSR count). The van der Waals surface area contributed by atoms with Crippen molar-refractivity contribution < 1.29 is 0 Å². The van der Waals surface area contributed by atoms with Crippen molar-refractivity contribution in [1.29, 1.82) is 0 Å². The first kappa shape index (κ1) is 18.8. The van der Waals surface area contributed by atoms with Crippen LogP contribution in [0.1, 0.15) is 0 Å². The third-order valence-electron chi connectivity index (χ3n) is 6.41. The summed E-state index contributed by atoms with van der Waals surface area (Å²) in [5.41, 5.74) is 7.39. The van der Waals surface area contributed by atoms with Gasteiger partial charge in [-0.15, -0.1) is 0 Å². The average Bonchev–Trinajstić information content (AvgIpc) is 3.46. The molecule has 0 saturated heterocycles. The third kappa shape index (κ3) is 2.79. The summed E-state index contributed by atoms with van der Waals surface area (Å²) < 4.78 is 4.51. The Morgan fingerprint density at radius 3 is 1.76 bits per heavy atom. The summed E-state index contributed by atoms with van der Waals surface area (Å²) in [5.74, 6) is 0.883. The smallest absolute Gasteiger partial charge is 0.178 e. The van der Waals surface area contributed by atoms with Gasteiger partial charge in [0.15, 0.2) is 5.65 Å². The van der Waals surface area contributed by atoms with Crippen molar-refractivity contribution in [3.8, 4) is 22.8 Å². The molecule has 7 aromatic rings. The second-order valence-corrected chi connectivity index (χ2v) is 8.37. The van der Waals surface area contributed by atoms with Gasteiger partial charge in [0.1, 0.15) is 5.82 Å². The van der Waals surface area contributed by atoms with Crippen LogP contribution in [-0.4, -0.2) is 19.1 Å². The van der Waals surface area contributed by atoms with Crippen molar-refractivity contribution in [3.63, 3.8) is 0 Å². The van der Waals surface area contributed by atoms with Crippen molar-refractivity contribution in [3.05, 3.63) is 121 Å². The van der Waals surface area contributed by atoms with Gasteiger partial charge < -0.3 is 4.57 Å². The Morgan fingerprint density at radius 2 is 1.06 bits per heavy atom. The predicted octanol–water partition coefficient (Wildman–Crippen LogP) is 7.18. The second kappa shape index (κ2) is 7.42. The Hall–Kier alpha value is -4.70. The number of pyridine rings is 1. The standard InChI is InChI=1S/C30H20N4/c1-2-9-22(10-3-1)34-28-15-8-20-31-29(28)32-30(34)21-16-18-23(19-17-21)33-26-13-6-4-11-24(26)25-12-5-7-14-27(25)33/h1-20H. The Kier molecular flexibility index (Phi) is 4.11. The van der Waals surface area contributed by atoms with E-state index in [4.69, 9.17) is 4.98 Å². The molecule has 0 amide bonds. The number of hydrogen-bond donors (Lipinski definition) is 0. The fourth-order valence-corrected chi connectivity index (χ4v) is 4.91. The largest absolute Gasteiger partial charge is 0.309 e. The monoisotopic (exact) mass is 436 g/mol. The van der Waals surface area contributed by atoms with E-state index in [2.05, 4.69) is 105 Å². The minimum Gasteiger partial charge on any atom is -0.309 e. The fraction of sp³-hybridized carbons (Fsp3) is 0. The van der Waals surface area contributed by atoms with Gasteiger partial charge in [-0.05, 0) is 60.7 Å². The topological polar surface area (TPSA) is 35.6 Å². The van der Waals surface area contributed by atoms with Gasteiger partial charge in [-0.3, -0.25) is 4.57 Å². The number of nitrogens with zero attached hydrogens (tertiary/aromatic N) is 4. The molecule has 3 heterocycles. The third-order valence-corrected chi connectivity index (χ3v) is 6.41. The number of benzene rings is 4. The highest BCUT2D eigenvalue weighted by molar-refractivity contribution is 6.09. The van der Waals surface area contributed by atoms with Crippen molar-refractivity contribution in [1.82, 2.24) is 19.1 Å². The van der Waals surface area contributed by atoms with E-state index in [0.717, 1.165) is 33.9 Å². The molecule has 3 aromatic heterocycles. The van der Waals surface area contributed by atoms with Gasteiger partial charge in [0, 0.05) is 33.9 Å². The number of imidazole rings is 1. The van der Waals surface area contributed by atoms with Gasteiger partial charge in [-0.25, -0.2) is 9.97 Å². The van der Waals surface area contributed by atoms with Crippen LogP contribution in [0.3, 0.4) is 0 Å². The lowest BCUT2D eigenvalue weighted by atomic mass is 10.1. The lowest BCUT2D eigenvalue weighted by Crippen LogP contribution is -1.98. The van der Waals surface area contributed by atoms with Crippen molar-refractivity contribution >= 4 is 33.0 Å². The molecule has 0 aliphatic carbocycles. The van der Waals surface area contributed by atoms with Crippen molar-refractivity contribution in [2.75, 3.05) is 0 Å². The van der Waals surface area contributed by atoms with Crippen LogP contribution in [0.25, 0.3) is 55.7 Å². The quantitative estimate of drug-likeness (QED) is 0.294. The molecule has 0 fully saturated rings. The van der Waals surface area contributed by atoms with Crippen LogP contribution in [0.5, 0.6) is 0 Å². The number of hydrogen-bond acceptors (Lipinski definition) is 2. The van der Waals surface area contributed by atoms with Gasteiger partial charge >= 0.3 is 0 Å². The summed E-state index contributed by atoms with van der Waals surface area (Å²) in [6.45, 7) is 0. The zero-order valence-electron chi connectivity index (χ0n) is 18.3. The van der Waals surface area contributed by atoms with E-state index < -0.39 is 0 Å². The summed E-state index contributed by atoms with van der Waals surface area (Å²) in [7, 11) is 0. The van der Waals surface area contributed by atoms with Crippen molar-refractivity contribution in [2.24, 2.45) is 0 Å². The highest BCUT2D eigenvalue weighted by Crippen LogP contribution is 2.33. The van der Waals surface area contributed by atoms with E-state index in [1.54, 1.807) is 6.20 Å². The minimum atomic E-state index is 0.743. The van der Waals surface area contributed by atoms with E-state index in [1.807, 2.05) is 24.3 Å². The molecule has 0 radical (unpaired) electrons. The number of fused-ring (bicyclic) bond motifs is 4. The van der Waals surface area contributed by atoms with E-state index in [9.17, 15) is 0 Å². The summed E-state index contributed by atoms with van der Waals surface area (Å²) in [5, 5.41) is 2.53.